The second kappa shape index (κ2) is 7.09. The average Bonchev–Trinajstić information content (AvgIpc) is 2.34. The lowest BCUT2D eigenvalue weighted by Crippen LogP contribution is -2.35. The minimum atomic E-state index is -0.636. The van der Waals surface area contributed by atoms with Crippen LogP contribution in [0.1, 0.15) is 53.2 Å². The fourth-order valence-electron chi connectivity index (χ4n) is 2.18. The van der Waals surface area contributed by atoms with Gasteiger partial charge in [-0.3, -0.25) is 0 Å². The summed E-state index contributed by atoms with van der Waals surface area (Å²) in [5, 5.41) is 10.6. The third-order valence-corrected chi connectivity index (χ3v) is 3.08. The lowest BCUT2D eigenvalue weighted by Gasteiger charge is -2.34. The first-order valence-electron chi connectivity index (χ1n) is 7.32. The van der Waals surface area contributed by atoms with Crippen LogP contribution in [0.3, 0.4) is 0 Å². The van der Waals surface area contributed by atoms with Crippen molar-refractivity contribution in [1.29, 1.82) is 0 Å². The van der Waals surface area contributed by atoms with Gasteiger partial charge in [0.25, 0.3) is 0 Å². The van der Waals surface area contributed by atoms with Gasteiger partial charge in [-0.25, -0.2) is 0 Å². The molecule has 20 heavy (non-hydrogen) atoms. The van der Waals surface area contributed by atoms with Gasteiger partial charge in [0.05, 0.1) is 12.2 Å². The molecule has 1 aromatic rings. The van der Waals surface area contributed by atoms with E-state index >= 15 is 0 Å². The van der Waals surface area contributed by atoms with Gasteiger partial charge in [-0.15, -0.1) is 0 Å². The molecule has 0 amide bonds. The first kappa shape index (κ1) is 17.0. The Balaban J connectivity index is 2.86. The van der Waals surface area contributed by atoms with E-state index in [-0.39, 0.29) is 17.6 Å². The Bertz CT molecular complexity index is 390. The highest BCUT2D eigenvalue weighted by atomic mass is 16.5. The number of aliphatic hydroxyl groups is 1. The van der Waals surface area contributed by atoms with E-state index in [2.05, 4.69) is 20.8 Å². The number of hydrogen-bond acceptors (Lipinski definition) is 3. The predicted molar refractivity (Wildman–Crippen MR) is 82.0 cm³/mol. The van der Waals surface area contributed by atoms with Crippen molar-refractivity contribution in [3.63, 3.8) is 0 Å². The normalized spacial score (nSPS) is 15.2. The summed E-state index contributed by atoms with van der Waals surface area (Å²) in [6.07, 6.45) is -0.719. The molecule has 0 saturated carbocycles. The molecule has 0 fully saturated rings. The van der Waals surface area contributed by atoms with Crippen molar-refractivity contribution in [1.82, 2.24) is 0 Å². The van der Waals surface area contributed by atoms with E-state index in [0.717, 1.165) is 11.3 Å². The largest absolute Gasteiger partial charge is 0.491 e. The van der Waals surface area contributed by atoms with Gasteiger partial charge in [-0.1, -0.05) is 32.9 Å². The van der Waals surface area contributed by atoms with Crippen molar-refractivity contribution in [3.05, 3.63) is 29.8 Å². The maximum Gasteiger partial charge on any atom is 0.119 e. The standard InChI is InChI=1S/C17H28O3/c1-7-19-16(17(4,5)6)15(18)13-8-10-14(11-9-13)20-12(2)3/h8-12,15-16,18H,7H2,1-6H3. The molecular formula is C17H28O3. The van der Waals surface area contributed by atoms with E-state index in [0.29, 0.717) is 6.61 Å². The zero-order valence-corrected chi connectivity index (χ0v) is 13.5. The van der Waals surface area contributed by atoms with Crippen LogP contribution in [0.4, 0.5) is 0 Å². The van der Waals surface area contributed by atoms with Crippen LogP contribution in [0.5, 0.6) is 5.75 Å². The van der Waals surface area contributed by atoms with Crippen LogP contribution in [-0.4, -0.2) is 23.9 Å². The Morgan fingerprint density at radius 2 is 1.65 bits per heavy atom. The molecule has 0 aliphatic rings. The Morgan fingerprint density at radius 3 is 2.05 bits per heavy atom. The Kier molecular flexibility index (Phi) is 6.03. The summed E-state index contributed by atoms with van der Waals surface area (Å²) in [6, 6.07) is 7.59. The molecule has 1 aromatic carbocycles. The monoisotopic (exact) mass is 280 g/mol. The van der Waals surface area contributed by atoms with Gasteiger partial charge >= 0.3 is 0 Å². The molecule has 0 spiro atoms. The van der Waals surface area contributed by atoms with Crippen molar-refractivity contribution in [2.75, 3.05) is 6.61 Å². The first-order chi connectivity index (χ1) is 9.25. The summed E-state index contributed by atoms with van der Waals surface area (Å²) in [5.41, 5.74) is 0.734. The summed E-state index contributed by atoms with van der Waals surface area (Å²) < 4.78 is 11.3. The molecule has 0 heterocycles. The lowest BCUT2D eigenvalue weighted by atomic mass is 9.83. The second-order valence-electron chi connectivity index (χ2n) is 6.42. The van der Waals surface area contributed by atoms with Crippen LogP contribution in [0.15, 0.2) is 24.3 Å². The number of benzene rings is 1. The quantitative estimate of drug-likeness (QED) is 0.857. The molecule has 0 aromatic heterocycles. The molecule has 3 nitrogen and oxygen atoms in total. The van der Waals surface area contributed by atoms with Gasteiger partial charge in [0, 0.05) is 6.61 Å². The Morgan fingerprint density at radius 1 is 1.10 bits per heavy atom. The highest BCUT2D eigenvalue weighted by Gasteiger charge is 2.32. The van der Waals surface area contributed by atoms with Crippen molar-refractivity contribution in [3.8, 4) is 5.75 Å². The summed E-state index contributed by atoms with van der Waals surface area (Å²) in [7, 11) is 0. The molecule has 0 aliphatic heterocycles. The molecule has 0 radical (unpaired) electrons. The highest BCUT2D eigenvalue weighted by molar-refractivity contribution is 5.29. The minimum absolute atomic E-state index is 0.122. The third-order valence-electron chi connectivity index (χ3n) is 3.08. The maximum absolute atomic E-state index is 10.6. The fourth-order valence-corrected chi connectivity index (χ4v) is 2.18. The van der Waals surface area contributed by atoms with E-state index in [1.54, 1.807) is 0 Å². The Labute approximate surface area is 122 Å². The van der Waals surface area contributed by atoms with Gasteiger partial charge in [0.2, 0.25) is 0 Å². The molecule has 0 saturated heterocycles. The van der Waals surface area contributed by atoms with Gasteiger partial charge in [-0.2, -0.15) is 0 Å². The number of hydrogen-bond donors (Lipinski definition) is 1. The van der Waals surface area contributed by atoms with E-state index in [1.807, 2.05) is 45.0 Å². The zero-order chi connectivity index (χ0) is 15.3. The molecule has 0 bridgehead atoms. The molecule has 3 heteroatoms. The summed E-state index contributed by atoms with van der Waals surface area (Å²) >= 11 is 0. The first-order valence-corrected chi connectivity index (χ1v) is 7.32. The lowest BCUT2D eigenvalue weighted by molar-refractivity contribution is -0.0898. The molecule has 2 unspecified atom stereocenters. The van der Waals surface area contributed by atoms with Crippen molar-refractivity contribution < 1.29 is 14.6 Å². The Hall–Kier alpha value is -1.06. The van der Waals surface area contributed by atoms with Gasteiger partial charge < -0.3 is 14.6 Å². The smallest absolute Gasteiger partial charge is 0.119 e. The molecule has 1 rings (SSSR count). The van der Waals surface area contributed by atoms with Crippen LogP contribution >= 0.6 is 0 Å². The van der Waals surface area contributed by atoms with Crippen LogP contribution in [0.2, 0.25) is 0 Å². The summed E-state index contributed by atoms with van der Waals surface area (Å²) in [4.78, 5) is 0. The zero-order valence-electron chi connectivity index (χ0n) is 13.5. The SMILES string of the molecule is CCOC(C(O)c1ccc(OC(C)C)cc1)C(C)(C)C. The number of rotatable bonds is 6. The van der Waals surface area contributed by atoms with Crippen LogP contribution in [0, 0.1) is 5.41 Å². The third kappa shape index (κ3) is 4.80. The van der Waals surface area contributed by atoms with Crippen LogP contribution < -0.4 is 4.74 Å². The van der Waals surface area contributed by atoms with Crippen LogP contribution in [0.25, 0.3) is 0 Å². The molecule has 1 N–H and O–H groups in total. The van der Waals surface area contributed by atoms with E-state index in [1.165, 1.54) is 0 Å². The molecular weight excluding hydrogens is 252 g/mol. The molecule has 0 aliphatic carbocycles. The second-order valence-corrected chi connectivity index (χ2v) is 6.42. The maximum atomic E-state index is 10.6. The summed E-state index contributed by atoms with van der Waals surface area (Å²) in [5.74, 6) is 0.819. The van der Waals surface area contributed by atoms with Gasteiger partial charge in [-0.05, 0) is 43.9 Å². The van der Waals surface area contributed by atoms with Gasteiger partial charge in [0.15, 0.2) is 0 Å². The molecule has 2 atom stereocenters. The van der Waals surface area contributed by atoms with Crippen LogP contribution in [-0.2, 0) is 4.74 Å². The highest BCUT2D eigenvalue weighted by Crippen LogP contribution is 2.33. The summed E-state index contributed by atoms with van der Waals surface area (Å²) in [6.45, 7) is 12.8. The van der Waals surface area contributed by atoms with Crippen molar-refractivity contribution in [2.24, 2.45) is 5.41 Å². The minimum Gasteiger partial charge on any atom is -0.491 e. The van der Waals surface area contributed by atoms with Crippen molar-refractivity contribution in [2.45, 2.75) is 59.9 Å². The van der Waals surface area contributed by atoms with E-state index in [4.69, 9.17) is 9.47 Å². The van der Waals surface area contributed by atoms with Gasteiger partial charge in [0.1, 0.15) is 11.9 Å². The average molecular weight is 280 g/mol. The predicted octanol–water partition coefficient (Wildman–Crippen LogP) is 3.96. The number of ether oxygens (including phenoxy) is 2. The molecule has 114 valence electrons. The van der Waals surface area contributed by atoms with E-state index in [9.17, 15) is 5.11 Å². The van der Waals surface area contributed by atoms with Crippen molar-refractivity contribution >= 4 is 0 Å². The van der Waals surface area contributed by atoms with E-state index < -0.39 is 6.10 Å². The number of aliphatic hydroxyl groups excluding tert-OH is 1. The fraction of sp³-hybridized carbons (Fsp3) is 0.647. The topological polar surface area (TPSA) is 38.7 Å².